The van der Waals surface area contributed by atoms with Crippen LogP contribution in [0.1, 0.15) is 10.4 Å². The molecule has 0 aliphatic rings. The summed E-state index contributed by atoms with van der Waals surface area (Å²) in [6.07, 6.45) is 0. The van der Waals surface area contributed by atoms with E-state index in [-0.39, 0.29) is 17.1 Å². The van der Waals surface area contributed by atoms with Crippen LogP contribution in [-0.2, 0) is 7.05 Å². The Labute approximate surface area is 126 Å². The summed E-state index contributed by atoms with van der Waals surface area (Å²) >= 11 is 0. The number of nitrogens with zero attached hydrogens (tertiary/aromatic N) is 3. The summed E-state index contributed by atoms with van der Waals surface area (Å²) in [5, 5.41) is 28.1. The van der Waals surface area contributed by atoms with Crippen LogP contribution < -0.4 is 0 Å². The normalized spacial score (nSPS) is 11.3. The lowest BCUT2D eigenvalue weighted by molar-refractivity contribution is 0.0697. The molecule has 1 heterocycles. The summed E-state index contributed by atoms with van der Waals surface area (Å²) in [5.41, 5.74) is 1.44. The number of fused-ring (bicyclic) bond motifs is 1. The van der Waals surface area contributed by atoms with Crippen molar-refractivity contribution < 1.29 is 15.0 Å². The van der Waals surface area contributed by atoms with Crippen molar-refractivity contribution in [3.05, 3.63) is 54.1 Å². The number of carboxylic acid groups (broad SMARTS) is 1. The lowest BCUT2D eigenvalue weighted by Crippen LogP contribution is -1.95. The highest BCUT2D eigenvalue weighted by molar-refractivity contribution is 5.95. The highest BCUT2D eigenvalue weighted by Crippen LogP contribution is 2.38. The first-order valence-corrected chi connectivity index (χ1v) is 6.60. The number of carbonyl (C=O) groups is 1. The van der Waals surface area contributed by atoms with E-state index in [0.717, 1.165) is 10.9 Å². The van der Waals surface area contributed by atoms with Gasteiger partial charge >= 0.3 is 5.97 Å². The monoisotopic (exact) mass is 295 g/mol. The summed E-state index contributed by atoms with van der Waals surface area (Å²) in [7, 11) is 1.72. The van der Waals surface area contributed by atoms with Crippen LogP contribution >= 0.6 is 0 Å². The first-order valence-electron chi connectivity index (χ1n) is 6.60. The molecule has 0 aliphatic carbocycles. The summed E-state index contributed by atoms with van der Waals surface area (Å²) < 4.78 is 1.60. The van der Waals surface area contributed by atoms with E-state index in [1.807, 2.05) is 24.3 Å². The molecule has 0 radical (unpaired) electrons. The van der Waals surface area contributed by atoms with E-state index in [4.69, 9.17) is 5.11 Å². The molecule has 0 atom stereocenters. The zero-order valence-corrected chi connectivity index (χ0v) is 11.8. The number of aromatic hydroxyl groups is 1. The van der Waals surface area contributed by atoms with Crippen molar-refractivity contribution >= 4 is 28.2 Å². The number of para-hydroxylation sites is 1. The number of aryl methyl sites for hydroxylation is 1. The molecular weight excluding hydrogens is 282 g/mol. The molecule has 0 fully saturated rings. The molecule has 0 saturated heterocycles. The molecule has 0 aliphatic heterocycles. The zero-order chi connectivity index (χ0) is 15.7. The van der Waals surface area contributed by atoms with E-state index in [1.54, 1.807) is 29.8 Å². The molecule has 6 heteroatoms. The van der Waals surface area contributed by atoms with E-state index in [0.29, 0.717) is 5.69 Å². The van der Waals surface area contributed by atoms with E-state index in [1.165, 1.54) is 6.07 Å². The van der Waals surface area contributed by atoms with Crippen LogP contribution in [0.2, 0.25) is 0 Å². The fourth-order valence-electron chi connectivity index (χ4n) is 2.30. The molecule has 22 heavy (non-hydrogen) atoms. The average molecular weight is 295 g/mol. The Morgan fingerprint density at radius 3 is 2.50 bits per heavy atom. The number of benzene rings is 2. The van der Waals surface area contributed by atoms with Gasteiger partial charge in [0, 0.05) is 12.4 Å². The summed E-state index contributed by atoms with van der Waals surface area (Å²) in [4.78, 5) is 11.2. The lowest BCUT2D eigenvalue weighted by Gasteiger charge is -1.98. The Morgan fingerprint density at radius 2 is 1.73 bits per heavy atom. The molecule has 0 bridgehead atoms. The van der Waals surface area contributed by atoms with Crippen molar-refractivity contribution in [2.75, 3.05) is 0 Å². The molecule has 0 amide bonds. The molecule has 110 valence electrons. The fraction of sp³-hybridized carbons (Fsp3) is 0.0625. The maximum absolute atomic E-state index is 11.2. The molecule has 0 spiro atoms. The van der Waals surface area contributed by atoms with Crippen molar-refractivity contribution in [2.45, 2.75) is 0 Å². The van der Waals surface area contributed by atoms with E-state index in [9.17, 15) is 9.90 Å². The number of aromatic nitrogens is 1. The maximum Gasteiger partial charge on any atom is 0.337 e. The number of rotatable bonds is 3. The highest BCUT2D eigenvalue weighted by atomic mass is 16.4. The van der Waals surface area contributed by atoms with E-state index in [2.05, 4.69) is 10.2 Å². The third kappa shape index (κ3) is 2.20. The maximum atomic E-state index is 11.2. The first-order chi connectivity index (χ1) is 10.6. The summed E-state index contributed by atoms with van der Waals surface area (Å²) in [6, 6.07) is 13.7. The Kier molecular flexibility index (Phi) is 3.34. The molecule has 6 nitrogen and oxygen atoms in total. The Morgan fingerprint density at radius 1 is 1.05 bits per heavy atom. The molecule has 3 aromatic rings. The Hall–Kier alpha value is -3.15. The van der Waals surface area contributed by atoms with Gasteiger partial charge in [-0.3, -0.25) is 0 Å². The minimum absolute atomic E-state index is 0.0160. The van der Waals surface area contributed by atoms with Crippen molar-refractivity contribution in [2.24, 2.45) is 17.3 Å². The van der Waals surface area contributed by atoms with Gasteiger partial charge < -0.3 is 14.8 Å². The van der Waals surface area contributed by atoms with Gasteiger partial charge in [-0.15, -0.1) is 10.2 Å². The molecule has 2 aromatic carbocycles. The number of carboxylic acids is 1. The van der Waals surface area contributed by atoms with Crippen LogP contribution in [0.5, 0.6) is 5.88 Å². The van der Waals surface area contributed by atoms with Gasteiger partial charge in [0.15, 0.2) is 5.69 Å². The number of hydrogen-bond acceptors (Lipinski definition) is 4. The topological polar surface area (TPSA) is 87.2 Å². The van der Waals surface area contributed by atoms with Crippen LogP contribution in [-0.4, -0.2) is 20.7 Å². The van der Waals surface area contributed by atoms with E-state index >= 15 is 0 Å². The highest BCUT2D eigenvalue weighted by Gasteiger charge is 2.14. The minimum atomic E-state index is -1.07. The standard InChI is InChI=1S/C16H13N3O3/c1-19-13-9-5-3-7-11(13)14(15(19)20)18-17-12-8-4-2-6-10(12)16(21)22/h2-9,20H,1H3,(H,21,22). The van der Waals surface area contributed by atoms with Gasteiger partial charge in [0.1, 0.15) is 5.69 Å². The van der Waals surface area contributed by atoms with Crippen LogP contribution in [0.25, 0.3) is 10.9 Å². The predicted octanol–water partition coefficient (Wildman–Crippen LogP) is 4.00. The van der Waals surface area contributed by atoms with Crippen molar-refractivity contribution in [1.29, 1.82) is 0 Å². The summed E-state index contributed by atoms with van der Waals surface area (Å²) in [5.74, 6) is -1.09. The first kappa shape index (κ1) is 13.8. The molecule has 0 saturated carbocycles. The van der Waals surface area contributed by atoms with Crippen LogP contribution in [0.3, 0.4) is 0 Å². The third-order valence-corrected chi connectivity index (χ3v) is 3.44. The van der Waals surface area contributed by atoms with Crippen molar-refractivity contribution in [3.63, 3.8) is 0 Å². The lowest BCUT2D eigenvalue weighted by atomic mass is 10.2. The zero-order valence-electron chi connectivity index (χ0n) is 11.8. The van der Waals surface area contributed by atoms with Gasteiger partial charge in [0.05, 0.1) is 11.1 Å². The van der Waals surface area contributed by atoms with Crippen LogP contribution in [0, 0.1) is 0 Å². The average Bonchev–Trinajstić information content (AvgIpc) is 2.77. The predicted molar refractivity (Wildman–Crippen MR) is 82.2 cm³/mol. The molecule has 0 unspecified atom stereocenters. The third-order valence-electron chi connectivity index (χ3n) is 3.44. The smallest absolute Gasteiger partial charge is 0.337 e. The van der Waals surface area contributed by atoms with Crippen molar-refractivity contribution in [3.8, 4) is 5.88 Å². The minimum Gasteiger partial charge on any atom is -0.493 e. The van der Waals surface area contributed by atoms with Gasteiger partial charge in [-0.2, -0.15) is 0 Å². The van der Waals surface area contributed by atoms with Crippen molar-refractivity contribution in [1.82, 2.24) is 4.57 Å². The fourth-order valence-corrected chi connectivity index (χ4v) is 2.30. The van der Waals surface area contributed by atoms with Gasteiger partial charge in [-0.05, 0) is 18.2 Å². The second kappa shape index (κ2) is 5.33. The molecular formula is C16H13N3O3. The molecule has 3 rings (SSSR count). The summed E-state index contributed by atoms with van der Waals surface area (Å²) in [6.45, 7) is 0. The van der Waals surface area contributed by atoms with Crippen LogP contribution in [0.4, 0.5) is 11.4 Å². The van der Waals surface area contributed by atoms with E-state index < -0.39 is 5.97 Å². The molecule has 2 N–H and O–H groups in total. The van der Waals surface area contributed by atoms with Gasteiger partial charge in [0.25, 0.3) is 0 Å². The Bertz CT molecular complexity index is 897. The SMILES string of the molecule is Cn1c(O)c(N=Nc2ccccc2C(=O)O)c2ccccc21. The van der Waals surface area contributed by atoms with Gasteiger partial charge in [-0.25, -0.2) is 4.79 Å². The van der Waals surface area contributed by atoms with Gasteiger partial charge in [-0.1, -0.05) is 30.3 Å². The molecule has 1 aromatic heterocycles. The second-order valence-electron chi connectivity index (χ2n) is 4.77. The number of hydrogen-bond donors (Lipinski definition) is 2. The second-order valence-corrected chi connectivity index (χ2v) is 4.77. The largest absolute Gasteiger partial charge is 0.493 e. The number of aromatic carboxylic acids is 1. The van der Waals surface area contributed by atoms with Gasteiger partial charge in [0.2, 0.25) is 5.88 Å². The van der Waals surface area contributed by atoms with Crippen LogP contribution in [0.15, 0.2) is 58.8 Å². The Balaban J connectivity index is 2.11. The number of azo groups is 1. The quantitative estimate of drug-likeness (QED) is 0.716.